The summed E-state index contributed by atoms with van der Waals surface area (Å²) < 4.78 is 0. The Kier molecular flexibility index (Phi) is 5.02. The van der Waals surface area contributed by atoms with Gasteiger partial charge in [-0.15, -0.1) is 0 Å². The van der Waals surface area contributed by atoms with Crippen LogP contribution in [0.25, 0.3) is 0 Å². The first-order valence-electron chi connectivity index (χ1n) is 5.75. The number of hydrogen-bond acceptors (Lipinski definition) is 2. The maximum atomic E-state index is 10.7. The Labute approximate surface area is 95.0 Å². The fourth-order valence-electron chi connectivity index (χ4n) is 2.28. The quantitative estimate of drug-likeness (QED) is 0.706. The Morgan fingerprint density at radius 3 is 2.19 bits per heavy atom. The third-order valence-corrected chi connectivity index (χ3v) is 3.07. The average molecular weight is 226 g/mol. The van der Waals surface area contributed by atoms with E-state index in [0.717, 1.165) is 31.3 Å². The molecule has 0 atom stereocenters. The van der Waals surface area contributed by atoms with Crippen LogP contribution in [-0.4, -0.2) is 22.2 Å². The van der Waals surface area contributed by atoms with Gasteiger partial charge in [0.25, 0.3) is 0 Å². The van der Waals surface area contributed by atoms with Gasteiger partial charge in [-0.2, -0.15) is 0 Å². The van der Waals surface area contributed by atoms with Crippen LogP contribution >= 0.6 is 0 Å². The fourth-order valence-corrected chi connectivity index (χ4v) is 2.28. The summed E-state index contributed by atoms with van der Waals surface area (Å²) in [5.41, 5.74) is 0.801. The van der Waals surface area contributed by atoms with Crippen molar-refractivity contribution in [2.45, 2.75) is 44.9 Å². The maximum absolute atomic E-state index is 10.7. The van der Waals surface area contributed by atoms with Crippen molar-refractivity contribution >= 4 is 11.9 Å². The van der Waals surface area contributed by atoms with Crippen LogP contribution in [-0.2, 0) is 9.59 Å². The molecular formula is C12H18O4. The van der Waals surface area contributed by atoms with Crippen LogP contribution in [0.15, 0.2) is 11.6 Å². The Balaban J connectivity index is 2.62. The molecule has 1 rings (SSSR count). The summed E-state index contributed by atoms with van der Waals surface area (Å²) >= 11 is 0. The van der Waals surface area contributed by atoms with Crippen LogP contribution in [0, 0.1) is 5.92 Å². The molecule has 0 unspecified atom stereocenters. The van der Waals surface area contributed by atoms with Gasteiger partial charge in [0, 0.05) is 12.5 Å². The van der Waals surface area contributed by atoms with Gasteiger partial charge in [0.1, 0.15) is 0 Å². The molecule has 0 heterocycles. The molecule has 1 aliphatic rings. The maximum Gasteiger partial charge on any atom is 0.328 e. The Morgan fingerprint density at radius 1 is 1.06 bits per heavy atom. The highest BCUT2D eigenvalue weighted by atomic mass is 16.4. The zero-order valence-corrected chi connectivity index (χ0v) is 9.32. The topological polar surface area (TPSA) is 74.6 Å². The number of carboxylic acid groups (broad SMARTS) is 2. The number of carboxylic acids is 2. The smallest absolute Gasteiger partial charge is 0.328 e. The number of allylic oxidation sites excluding steroid dienone is 1. The second-order valence-corrected chi connectivity index (χ2v) is 4.29. The van der Waals surface area contributed by atoms with Gasteiger partial charge in [0.15, 0.2) is 0 Å². The van der Waals surface area contributed by atoms with Crippen molar-refractivity contribution in [1.82, 2.24) is 0 Å². The third kappa shape index (κ3) is 4.47. The fraction of sp³-hybridized carbons (Fsp3) is 0.667. The summed E-state index contributed by atoms with van der Waals surface area (Å²) in [4.78, 5) is 21.2. The van der Waals surface area contributed by atoms with Crippen LogP contribution < -0.4 is 0 Å². The van der Waals surface area contributed by atoms with E-state index in [1.807, 2.05) is 0 Å². The monoisotopic (exact) mass is 226 g/mol. The molecule has 1 aliphatic carbocycles. The third-order valence-electron chi connectivity index (χ3n) is 3.07. The lowest BCUT2D eigenvalue weighted by atomic mass is 9.82. The molecule has 0 bridgehead atoms. The molecule has 0 aromatic rings. The van der Waals surface area contributed by atoms with Gasteiger partial charge in [-0.3, -0.25) is 4.79 Å². The van der Waals surface area contributed by atoms with Gasteiger partial charge in [-0.1, -0.05) is 24.8 Å². The molecule has 0 aromatic carbocycles. The van der Waals surface area contributed by atoms with Gasteiger partial charge in [0.05, 0.1) is 0 Å². The van der Waals surface area contributed by atoms with Gasteiger partial charge >= 0.3 is 11.9 Å². The summed E-state index contributed by atoms with van der Waals surface area (Å²) in [5, 5.41) is 17.4. The number of rotatable bonds is 5. The number of aliphatic carboxylic acids is 2. The van der Waals surface area contributed by atoms with Crippen LogP contribution in [0.4, 0.5) is 0 Å². The Bertz CT molecular complexity index is 287. The molecule has 4 nitrogen and oxygen atoms in total. The molecule has 2 N–H and O–H groups in total. The summed E-state index contributed by atoms with van der Waals surface area (Å²) in [6.07, 6.45) is 7.04. The van der Waals surface area contributed by atoms with E-state index in [2.05, 4.69) is 0 Å². The average Bonchev–Trinajstić information content (AvgIpc) is 2.25. The van der Waals surface area contributed by atoms with E-state index in [1.54, 1.807) is 0 Å². The van der Waals surface area contributed by atoms with E-state index in [-0.39, 0.29) is 12.3 Å². The van der Waals surface area contributed by atoms with E-state index >= 15 is 0 Å². The normalized spacial score (nSPS) is 18.4. The van der Waals surface area contributed by atoms with E-state index in [0.29, 0.717) is 6.42 Å². The molecular weight excluding hydrogens is 208 g/mol. The van der Waals surface area contributed by atoms with Crippen LogP contribution in [0.5, 0.6) is 0 Å². The van der Waals surface area contributed by atoms with Crippen LogP contribution in [0.1, 0.15) is 44.9 Å². The van der Waals surface area contributed by atoms with E-state index in [9.17, 15) is 9.59 Å². The van der Waals surface area contributed by atoms with E-state index in [4.69, 9.17) is 10.2 Å². The van der Waals surface area contributed by atoms with Crippen molar-refractivity contribution in [2.75, 3.05) is 0 Å². The molecule has 0 amide bonds. The van der Waals surface area contributed by atoms with Gasteiger partial charge in [-0.05, 0) is 25.2 Å². The van der Waals surface area contributed by atoms with Crippen molar-refractivity contribution in [1.29, 1.82) is 0 Å². The highest BCUT2D eigenvalue weighted by Gasteiger charge is 2.19. The first-order valence-corrected chi connectivity index (χ1v) is 5.75. The minimum Gasteiger partial charge on any atom is -0.481 e. The first-order chi connectivity index (χ1) is 7.59. The van der Waals surface area contributed by atoms with Crippen molar-refractivity contribution in [3.05, 3.63) is 11.6 Å². The summed E-state index contributed by atoms with van der Waals surface area (Å²) in [6.45, 7) is 0. The van der Waals surface area contributed by atoms with Crippen LogP contribution in [0.3, 0.4) is 0 Å². The molecule has 0 saturated heterocycles. The molecule has 4 heteroatoms. The molecule has 16 heavy (non-hydrogen) atoms. The number of carbonyl (C=O) groups is 2. The van der Waals surface area contributed by atoms with Crippen molar-refractivity contribution in [3.8, 4) is 0 Å². The summed E-state index contributed by atoms with van der Waals surface area (Å²) in [6, 6.07) is 0. The molecule has 0 spiro atoms. The molecule has 0 aliphatic heterocycles. The first kappa shape index (κ1) is 12.7. The second kappa shape index (κ2) is 6.30. The Morgan fingerprint density at radius 2 is 1.69 bits per heavy atom. The number of hydrogen-bond donors (Lipinski definition) is 2. The minimum absolute atomic E-state index is 0.0234. The molecule has 1 fully saturated rings. The predicted octanol–water partition coefficient (Wildman–Crippen LogP) is 2.44. The van der Waals surface area contributed by atoms with E-state index in [1.165, 1.54) is 12.5 Å². The lowest BCUT2D eigenvalue weighted by Gasteiger charge is -2.24. The lowest BCUT2D eigenvalue weighted by Crippen LogP contribution is -2.12. The van der Waals surface area contributed by atoms with Gasteiger partial charge in [0.2, 0.25) is 0 Å². The molecule has 0 radical (unpaired) electrons. The summed E-state index contributed by atoms with van der Waals surface area (Å²) in [7, 11) is 0. The SMILES string of the molecule is O=C(O)C=C(CCC(=O)O)C1CCCCC1. The zero-order chi connectivity index (χ0) is 12.0. The highest BCUT2D eigenvalue weighted by molar-refractivity contribution is 5.81. The zero-order valence-electron chi connectivity index (χ0n) is 9.32. The predicted molar refractivity (Wildman–Crippen MR) is 59.2 cm³/mol. The largest absolute Gasteiger partial charge is 0.481 e. The van der Waals surface area contributed by atoms with Crippen molar-refractivity contribution in [2.24, 2.45) is 5.92 Å². The molecule has 1 saturated carbocycles. The highest BCUT2D eigenvalue weighted by Crippen LogP contribution is 2.31. The standard InChI is InChI=1S/C12H18O4/c13-11(14)7-6-10(8-12(15)16)9-4-2-1-3-5-9/h8-9H,1-7H2,(H,13,14)(H,15,16). The van der Waals surface area contributed by atoms with E-state index < -0.39 is 11.9 Å². The van der Waals surface area contributed by atoms with Crippen molar-refractivity contribution in [3.63, 3.8) is 0 Å². The Hall–Kier alpha value is -1.32. The van der Waals surface area contributed by atoms with Crippen molar-refractivity contribution < 1.29 is 19.8 Å². The summed E-state index contributed by atoms with van der Waals surface area (Å²) in [5.74, 6) is -1.55. The van der Waals surface area contributed by atoms with Gasteiger partial charge < -0.3 is 10.2 Å². The van der Waals surface area contributed by atoms with Gasteiger partial charge in [-0.25, -0.2) is 4.79 Å². The molecule has 90 valence electrons. The lowest BCUT2D eigenvalue weighted by molar-refractivity contribution is -0.137. The second-order valence-electron chi connectivity index (χ2n) is 4.29. The minimum atomic E-state index is -0.967. The molecule has 0 aromatic heterocycles. The van der Waals surface area contributed by atoms with Crippen LogP contribution in [0.2, 0.25) is 0 Å².